The third kappa shape index (κ3) is 1.71. The molecule has 4 nitrogen and oxygen atoms in total. The topological polar surface area (TPSA) is 39.9 Å². The van der Waals surface area contributed by atoms with Crippen molar-refractivity contribution in [2.24, 2.45) is 0 Å². The summed E-state index contributed by atoms with van der Waals surface area (Å²) < 4.78 is 5.26. The van der Waals surface area contributed by atoms with Gasteiger partial charge in [-0.25, -0.2) is 0 Å². The normalized spacial score (nSPS) is 10.8. The number of para-hydroxylation sites is 1. The number of methoxy groups -OCH3 is 1. The van der Waals surface area contributed by atoms with Gasteiger partial charge in [0.2, 0.25) is 0 Å². The average Bonchev–Trinajstić information content (AvgIpc) is 2.84. The van der Waals surface area contributed by atoms with E-state index in [1.807, 2.05) is 36.4 Å². The Bertz CT molecular complexity index is 694. The van der Waals surface area contributed by atoms with Gasteiger partial charge in [0.05, 0.1) is 17.8 Å². The van der Waals surface area contributed by atoms with Crippen LogP contribution in [-0.2, 0) is 0 Å². The summed E-state index contributed by atoms with van der Waals surface area (Å²) >= 11 is 6.06. The van der Waals surface area contributed by atoms with E-state index < -0.39 is 0 Å². The second kappa shape index (κ2) is 4.31. The van der Waals surface area contributed by atoms with Crippen LogP contribution in [0, 0.1) is 0 Å². The molecule has 0 atom stereocenters. The van der Waals surface area contributed by atoms with Crippen LogP contribution >= 0.6 is 11.6 Å². The number of aromatic nitrogens is 3. The minimum absolute atomic E-state index is 0.533. The van der Waals surface area contributed by atoms with E-state index >= 15 is 0 Å². The quantitative estimate of drug-likeness (QED) is 0.710. The van der Waals surface area contributed by atoms with Crippen LogP contribution in [0.15, 0.2) is 42.5 Å². The Morgan fingerprint density at radius 3 is 2.56 bits per heavy atom. The molecule has 0 aliphatic carbocycles. The van der Waals surface area contributed by atoms with E-state index in [1.165, 1.54) is 0 Å². The molecule has 0 unspecified atom stereocenters. The summed E-state index contributed by atoms with van der Waals surface area (Å²) in [5, 5.41) is 9.34. The van der Waals surface area contributed by atoms with Crippen molar-refractivity contribution in [1.82, 2.24) is 15.0 Å². The largest absolute Gasteiger partial charge is 0.493 e. The molecule has 5 heteroatoms. The van der Waals surface area contributed by atoms with Crippen molar-refractivity contribution in [1.29, 1.82) is 0 Å². The standard InChI is InChI=1S/C13H10ClN3O/c1-18-13-10(14)7-8-11-12(13)16-17(15-11)9-5-3-2-4-6-9/h2-8H,1H3. The molecule has 0 saturated heterocycles. The van der Waals surface area contributed by atoms with Crippen LogP contribution in [0.1, 0.15) is 0 Å². The molecule has 90 valence electrons. The monoisotopic (exact) mass is 259 g/mol. The fourth-order valence-corrected chi connectivity index (χ4v) is 2.03. The van der Waals surface area contributed by atoms with Crippen LogP contribution in [0.3, 0.4) is 0 Å². The minimum Gasteiger partial charge on any atom is -0.493 e. The first-order valence-electron chi connectivity index (χ1n) is 5.44. The van der Waals surface area contributed by atoms with Crippen LogP contribution in [0.2, 0.25) is 5.02 Å². The van der Waals surface area contributed by atoms with Crippen molar-refractivity contribution in [3.63, 3.8) is 0 Å². The zero-order valence-electron chi connectivity index (χ0n) is 9.67. The van der Waals surface area contributed by atoms with Crippen LogP contribution in [0.5, 0.6) is 5.75 Å². The Hall–Kier alpha value is -2.07. The van der Waals surface area contributed by atoms with E-state index in [4.69, 9.17) is 16.3 Å². The fourth-order valence-electron chi connectivity index (χ4n) is 1.80. The summed E-state index contributed by atoms with van der Waals surface area (Å²) in [6.07, 6.45) is 0. The molecular formula is C13H10ClN3O. The number of ether oxygens (including phenoxy) is 1. The first-order valence-corrected chi connectivity index (χ1v) is 5.82. The minimum atomic E-state index is 0.533. The molecule has 3 aromatic rings. The first kappa shape index (κ1) is 11.0. The lowest BCUT2D eigenvalue weighted by Gasteiger charge is -2.01. The Morgan fingerprint density at radius 2 is 1.83 bits per heavy atom. The van der Waals surface area contributed by atoms with Crippen molar-refractivity contribution in [2.75, 3.05) is 7.11 Å². The van der Waals surface area contributed by atoms with Gasteiger partial charge >= 0.3 is 0 Å². The highest BCUT2D eigenvalue weighted by atomic mass is 35.5. The molecule has 1 aromatic heterocycles. The molecule has 0 aliphatic heterocycles. The lowest BCUT2D eigenvalue weighted by molar-refractivity contribution is 0.419. The van der Waals surface area contributed by atoms with Gasteiger partial charge in [-0.1, -0.05) is 29.8 Å². The summed E-state index contributed by atoms with van der Waals surface area (Å²) in [6.45, 7) is 0. The van der Waals surface area contributed by atoms with Gasteiger partial charge < -0.3 is 4.74 Å². The van der Waals surface area contributed by atoms with Crippen molar-refractivity contribution in [3.05, 3.63) is 47.5 Å². The van der Waals surface area contributed by atoms with Gasteiger partial charge in [-0.15, -0.1) is 10.2 Å². The molecule has 0 fully saturated rings. The molecule has 0 N–H and O–H groups in total. The zero-order valence-corrected chi connectivity index (χ0v) is 10.4. The van der Waals surface area contributed by atoms with Crippen molar-refractivity contribution < 1.29 is 4.74 Å². The average molecular weight is 260 g/mol. The van der Waals surface area contributed by atoms with Gasteiger partial charge in [-0.3, -0.25) is 0 Å². The summed E-state index contributed by atoms with van der Waals surface area (Å²) in [5.41, 5.74) is 2.31. The molecule has 0 amide bonds. The zero-order chi connectivity index (χ0) is 12.5. The van der Waals surface area contributed by atoms with Crippen LogP contribution in [0.4, 0.5) is 0 Å². The maximum atomic E-state index is 6.06. The first-order chi connectivity index (χ1) is 8.79. The molecule has 3 rings (SSSR count). The van der Waals surface area contributed by atoms with E-state index in [0.29, 0.717) is 16.3 Å². The predicted octanol–water partition coefficient (Wildman–Crippen LogP) is 3.08. The molecule has 0 radical (unpaired) electrons. The van der Waals surface area contributed by atoms with E-state index in [-0.39, 0.29) is 0 Å². The molecular weight excluding hydrogens is 250 g/mol. The Morgan fingerprint density at radius 1 is 1.06 bits per heavy atom. The summed E-state index contributed by atoms with van der Waals surface area (Å²) in [4.78, 5) is 1.57. The highest BCUT2D eigenvalue weighted by Gasteiger charge is 2.12. The number of rotatable bonds is 2. The van der Waals surface area contributed by atoms with Gasteiger partial charge in [-0.2, -0.15) is 4.80 Å². The molecule has 2 aromatic carbocycles. The predicted molar refractivity (Wildman–Crippen MR) is 70.4 cm³/mol. The second-order valence-electron chi connectivity index (χ2n) is 3.77. The summed E-state index contributed by atoms with van der Waals surface area (Å²) in [5.74, 6) is 0.552. The highest BCUT2D eigenvalue weighted by Crippen LogP contribution is 2.31. The van der Waals surface area contributed by atoms with Gasteiger partial charge in [-0.05, 0) is 24.3 Å². The number of hydrogen-bond acceptors (Lipinski definition) is 3. The van der Waals surface area contributed by atoms with Crippen LogP contribution in [-0.4, -0.2) is 22.1 Å². The third-order valence-electron chi connectivity index (χ3n) is 2.65. The summed E-state index contributed by atoms with van der Waals surface area (Å²) in [7, 11) is 1.57. The van der Waals surface area contributed by atoms with Gasteiger partial charge in [0.15, 0.2) is 11.3 Å². The maximum absolute atomic E-state index is 6.06. The SMILES string of the molecule is COc1c(Cl)ccc2nn(-c3ccccc3)nc12. The Labute approximate surface area is 109 Å². The molecule has 0 saturated carbocycles. The number of hydrogen-bond donors (Lipinski definition) is 0. The van der Waals surface area contributed by atoms with E-state index in [2.05, 4.69) is 10.2 Å². The van der Waals surface area contributed by atoms with E-state index in [0.717, 1.165) is 11.2 Å². The molecule has 0 spiro atoms. The van der Waals surface area contributed by atoms with Crippen LogP contribution < -0.4 is 4.74 Å². The molecule has 0 aliphatic rings. The van der Waals surface area contributed by atoms with Crippen molar-refractivity contribution >= 4 is 22.6 Å². The van der Waals surface area contributed by atoms with Gasteiger partial charge in [0.1, 0.15) is 5.52 Å². The number of fused-ring (bicyclic) bond motifs is 1. The van der Waals surface area contributed by atoms with E-state index in [9.17, 15) is 0 Å². The fraction of sp³-hybridized carbons (Fsp3) is 0.0769. The number of nitrogens with zero attached hydrogens (tertiary/aromatic N) is 3. The van der Waals surface area contributed by atoms with Crippen LogP contribution in [0.25, 0.3) is 16.7 Å². The van der Waals surface area contributed by atoms with Crippen molar-refractivity contribution in [2.45, 2.75) is 0 Å². The lowest BCUT2D eigenvalue weighted by Crippen LogP contribution is -1.97. The molecule has 1 heterocycles. The Kier molecular flexibility index (Phi) is 2.64. The van der Waals surface area contributed by atoms with Gasteiger partial charge in [0, 0.05) is 0 Å². The number of halogens is 1. The Balaban J connectivity index is 2.23. The second-order valence-corrected chi connectivity index (χ2v) is 4.18. The summed E-state index contributed by atoms with van der Waals surface area (Å²) in [6, 6.07) is 13.3. The third-order valence-corrected chi connectivity index (χ3v) is 2.95. The lowest BCUT2D eigenvalue weighted by atomic mass is 10.3. The van der Waals surface area contributed by atoms with Gasteiger partial charge in [0.25, 0.3) is 0 Å². The van der Waals surface area contributed by atoms with E-state index in [1.54, 1.807) is 18.0 Å². The van der Waals surface area contributed by atoms with Crippen molar-refractivity contribution in [3.8, 4) is 11.4 Å². The molecule has 0 bridgehead atoms. The smallest absolute Gasteiger partial charge is 0.167 e. The molecule has 18 heavy (non-hydrogen) atoms. The maximum Gasteiger partial charge on any atom is 0.167 e. The number of benzene rings is 2. The highest BCUT2D eigenvalue weighted by molar-refractivity contribution is 6.33.